The summed E-state index contributed by atoms with van der Waals surface area (Å²) in [5, 5.41) is 0. The fraction of sp³-hybridized carbons (Fsp3) is 0.368. The second-order valence-corrected chi connectivity index (χ2v) is 22.2. The molecule has 0 saturated heterocycles. The third-order valence-electron chi connectivity index (χ3n) is 16.5. The summed E-state index contributed by atoms with van der Waals surface area (Å²) in [5.41, 5.74) is 20.6. The van der Waals surface area contributed by atoms with E-state index in [1.54, 1.807) is 0 Å². The van der Waals surface area contributed by atoms with Crippen molar-refractivity contribution in [3.05, 3.63) is 205 Å². The first-order chi connectivity index (χ1) is 37.5. The number of hydrogen-bond donors (Lipinski definition) is 0. The highest BCUT2D eigenvalue weighted by atomic mass is 14.2. The maximum atomic E-state index is 2.41. The van der Waals surface area contributed by atoms with Gasteiger partial charge in [0, 0.05) is 0 Å². The molecule has 2 unspecified atom stereocenters. The molecule has 0 aliphatic carbocycles. The Kier molecular flexibility index (Phi) is 22.5. The van der Waals surface area contributed by atoms with Crippen molar-refractivity contribution in [3.8, 4) is 77.9 Å². The van der Waals surface area contributed by atoms with Crippen molar-refractivity contribution >= 4 is 0 Å². The van der Waals surface area contributed by atoms with Gasteiger partial charge < -0.3 is 0 Å². The number of rotatable bonds is 31. The number of unbranched alkanes of at least 4 members (excludes halogenated alkanes) is 14. The average molecular weight is 1000 g/mol. The molecule has 0 heterocycles. The highest BCUT2D eigenvalue weighted by Gasteiger charge is 2.14. The summed E-state index contributed by atoms with van der Waals surface area (Å²) in [7, 11) is 0. The predicted molar refractivity (Wildman–Crippen MR) is 334 cm³/mol. The van der Waals surface area contributed by atoms with Gasteiger partial charge >= 0.3 is 0 Å². The van der Waals surface area contributed by atoms with E-state index in [0.29, 0.717) is 11.8 Å². The van der Waals surface area contributed by atoms with Crippen molar-refractivity contribution in [3.63, 3.8) is 0 Å². The highest BCUT2D eigenvalue weighted by Crippen LogP contribution is 2.35. The van der Waals surface area contributed by atoms with Crippen molar-refractivity contribution in [1.82, 2.24) is 0 Å². The van der Waals surface area contributed by atoms with Gasteiger partial charge in [-0.3, -0.25) is 0 Å². The molecule has 394 valence electrons. The summed E-state index contributed by atoms with van der Waals surface area (Å²) >= 11 is 0. The summed E-state index contributed by atoms with van der Waals surface area (Å²) in [5.74, 6) is 1.37. The van der Waals surface area contributed by atoms with E-state index in [-0.39, 0.29) is 0 Å². The van der Waals surface area contributed by atoms with Gasteiger partial charge in [-0.15, -0.1) is 0 Å². The fourth-order valence-corrected chi connectivity index (χ4v) is 11.6. The molecule has 0 spiro atoms. The highest BCUT2D eigenvalue weighted by molar-refractivity contribution is 5.77. The van der Waals surface area contributed by atoms with Crippen LogP contribution in [0.25, 0.3) is 77.9 Å². The van der Waals surface area contributed by atoms with Crippen LogP contribution in [0, 0.1) is 0 Å². The molecule has 2 atom stereocenters. The van der Waals surface area contributed by atoms with Gasteiger partial charge in [0.25, 0.3) is 0 Å². The molecule has 0 aliphatic rings. The molecule has 0 aromatic heterocycles. The van der Waals surface area contributed by atoms with Crippen LogP contribution in [-0.4, -0.2) is 0 Å². The molecule has 0 bridgehead atoms. The van der Waals surface area contributed by atoms with Gasteiger partial charge in [0.05, 0.1) is 0 Å². The second-order valence-electron chi connectivity index (χ2n) is 22.2. The molecule has 8 rings (SSSR count). The van der Waals surface area contributed by atoms with E-state index in [0.717, 1.165) is 0 Å². The third kappa shape index (κ3) is 16.4. The average Bonchev–Trinajstić information content (AvgIpc) is 3.48. The van der Waals surface area contributed by atoms with Crippen LogP contribution in [-0.2, 0) is 0 Å². The lowest BCUT2D eigenvalue weighted by molar-refractivity contribution is 0.495. The lowest BCUT2D eigenvalue weighted by Crippen LogP contribution is -2.00. The lowest BCUT2D eigenvalue weighted by atomic mass is 9.87. The van der Waals surface area contributed by atoms with E-state index in [1.165, 1.54) is 230 Å². The quantitative estimate of drug-likeness (QED) is 0.0380. The van der Waals surface area contributed by atoms with Gasteiger partial charge in [-0.05, 0) is 127 Å². The first-order valence-corrected chi connectivity index (χ1v) is 30.4. The summed E-state index contributed by atoms with van der Waals surface area (Å²) in [6.07, 6.45) is 29.7. The molecule has 0 amide bonds. The smallest absolute Gasteiger partial charge is 0.0162 e. The van der Waals surface area contributed by atoms with Crippen molar-refractivity contribution < 1.29 is 0 Å². The Hall–Kier alpha value is -6.24. The maximum absolute atomic E-state index is 2.41. The van der Waals surface area contributed by atoms with Gasteiger partial charge in [0.2, 0.25) is 0 Å². The molecule has 0 aliphatic heterocycles. The Labute approximate surface area is 461 Å². The van der Waals surface area contributed by atoms with E-state index in [2.05, 4.69) is 222 Å². The Morgan fingerprint density at radius 1 is 0.171 bits per heavy atom. The van der Waals surface area contributed by atoms with Crippen LogP contribution in [0.1, 0.15) is 192 Å². The van der Waals surface area contributed by atoms with Crippen LogP contribution < -0.4 is 0 Å². The van der Waals surface area contributed by atoms with Crippen LogP contribution >= 0.6 is 0 Å². The van der Waals surface area contributed by atoms with Gasteiger partial charge in [0.15, 0.2) is 0 Å². The molecule has 0 heteroatoms. The van der Waals surface area contributed by atoms with Crippen LogP contribution in [0.2, 0.25) is 0 Å². The van der Waals surface area contributed by atoms with Crippen molar-refractivity contribution in [1.29, 1.82) is 0 Å². The summed E-state index contributed by atoms with van der Waals surface area (Å²) in [4.78, 5) is 0. The Morgan fingerprint density at radius 2 is 0.303 bits per heavy atom. The van der Waals surface area contributed by atoms with Crippen LogP contribution in [0.15, 0.2) is 194 Å². The zero-order valence-corrected chi connectivity index (χ0v) is 47.2. The van der Waals surface area contributed by atoms with Crippen molar-refractivity contribution in [2.45, 2.75) is 181 Å². The first kappa shape index (κ1) is 56.0. The van der Waals surface area contributed by atoms with Crippen molar-refractivity contribution in [2.24, 2.45) is 0 Å². The number of benzene rings is 8. The van der Waals surface area contributed by atoms with E-state index in [1.807, 2.05) is 0 Å². The largest absolute Gasteiger partial charge is 0.0654 e. The summed E-state index contributed by atoms with van der Waals surface area (Å²) in [6.45, 7) is 9.24. The zero-order chi connectivity index (χ0) is 52.6. The predicted octanol–water partition coefficient (Wildman–Crippen LogP) is 24.2. The molecular formula is C76H90. The minimum atomic E-state index is 0.687. The SMILES string of the molecule is CCCCCCCCC(CCCCC)c1ccc(-c2ccc(-c3ccc(-c4ccc(-c5ccc(-c6ccc(-c7ccc(-c8ccc(C(CCCCC)CCCCCCCC)cc8)cc7)cc6)cc5)cc4)cc3)cc2)cc1. The molecule has 8 aromatic rings. The van der Waals surface area contributed by atoms with E-state index in [9.17, 15) is 0 Å². The van der Waals surface area contributed by atoms with Gasteiger partial charge in [-0.1, -0.05) is 337 Å². The minimum absolute atomic E-state index is 0.687. The molecule has 0 fully saturated rings. The monoisotopic (exact) mass is 1000 g/mol. The molecular weight excluding hydrogens is 913 g/mol. The molecule has 0 nitrogen and oxygen atoms in total. The third-order valence-corrected chi connectivity index (χ3v) is 16.5. The summed E-state index contributed by atoms with van der Waals surface area (Å²) in [6, 6.07) is 73.4. The summed E-state index contributed by atoms with van der Waals surface area (Å²) < 4.78 is 0. The molecule has 0 N–H and O–H groups in total. The van der Waals surface area contributed by atoms with Crippen molar-refractivity contribution in [2.75, 3.05) is 0 Å². The number of hydrogen-bond acceptors (Lipinski definition) is 0. The fourth-order valence-electron chi connectivity index (χ4n) is 11.6. The Balaban J connectivity index is 0.823. The Morgan fingerprint density at radius 3 is 0.487 bits per heavy atom. The zero-order valence-electron chi connectivity index (χ0n) is 47.2. The topological polar surface area (TPSA) is 0 Å². The van der Waals surface area contributed by atoms with Gasteiger partial charge in [-0.2, -0.15) is 0 Å². The Bertz CT molecular complexity index is 2620. The van der Waals surface area contributed by atoms with Crippen LogP contribution in [0.3, 0.4) is 0 Å². The van der Waals surface area contributed by atoms with E-state index < -0.39 is 0 Å². The second kappa shape index (κ2) is 30.5. The molecule has 76 heavy (non-hydrogen) atoms. The maximum Gasteiger partial charge on any atom is -0.0162 e. The standard InChI is InChI=1S/C76H90/c1-5-9-13-15-17-21-25-59(23-19-11-7-3)61-27-31-63(32-28-61)65-35-39-67(40-36-65)69-43-47-71(48-44-69)73-51-55-75(56-52-73)76-57-53-74(54-58-76)72-49-45-70(46-50-72)68-41-37-66(38-42-68)64-33-29-62(30-34-64)60(24-20-12-8-4)26-22-18-16-14-10-6-2/h27-60H,5-26H2,1-4H3. The lowest BCUT2D eigenvalue weighted by Gasteiger charge is -2.18. The molecule has 0 saturated carbocycles. The normalized spacial score (nSPS) is 12.2. The van der Waals surface area contributed by atoms with Gasteiger partial charge in [-0.25, -0.2) is 0 Å². The van der Waals surface area contributed by atoms with E-state index in [4.69, 9.17) is 0 Å². The van der Waals surface area contributed by atoms with E-state index >= 15 is 0 Å². The minimum Gasteiger partial charge on any atom is -0.0654 e. The van der Waals surface area contributed by atoms with Gasteiger partial charge in [0.1, 0.15) is 0 Å². The molecule has 8 aromatic carbocycles. The van der Waals surface area contributed by atoms with Crippen LogP contribution in [0.5, 0.6) is 0 Å². The molecule has 0 radical (unpaired) electrons. The van der Waals surface area contributed by atoms with Crippen LogP contribution in [0.4, 0.5) is 0 Å². The first-order valence-electron chi connectivity index (χ1n) is 30.4.